The fraction of sp³-hybridized carbons (Fsp3) is 0.200. The molecule has 0 bridgehead atoms. The SMILES string of the molecule is CCc1sc(NC(=O)COc2ccc(C)cc2)nc1-c1ccc(Br)cc1. The van der Waals surface area contributed by atoms with Crippen LogP contribution in [0.5, 0.6) is 5.75 Å². The van der Waals surface area contributed by atoms with Gasteiger partial charge >= 0.3 is 0 Å². The summed E-state index contributed by atoms with van der Waals surface area (Å²) in [5.41, 5.74) is 3.11. The fourth-order valence-electron chi connectivity index (χ4n) is 2.42. The smallest absolute Gasteiger partial charge is 0.264 e. The lowest BCUT2D eigenvalue weighted by molar-refractivity contribution is -0.118. The lowest BCUT2D eigenvalue weighted by Gasteiger charge is -2.05. The molecular weight excluding hydrogens is 412 g/mol. The first kappa shape index (κ1) is 18.6. The summed E-state index contributed by atoms with van der Waals surface area (Å²) >= 11 is 4.94. The minimum absolute atomic E-state index is 0.0439. The number of rotatable bonds is 6. The van der Waals surface area contributed by atoms with Crippen molar-refractivity contribution in [3.05, 3.63) is 63.4 Å². The predicted molar refractivity (Wildman–Crippen MR) is 110 cm³/mol. The minimum Gasteiger partial charge on any atom is -0.484 e. The summed E-state index contributed by atoms with van der Waals surface area (Å²) < 4.78 is 6.54. The van der Waals surface area contributed by atoms with Crippen LogP contribution in [-0.4, -0.2) is 17.5 Å². The standard InChI is InChI=1S/C20H19BrN2O2S/c1-3-17-19(14-6-8-15(21)9-7-14)23-20(26-17)22-18(24)12-25-16-10-4-13(2)5-11-16/h4-11H,3,12H2,1-2H3,(H,22,23,24). The average Bonchev–Trinajstić information content (AvgIpc) is 3.04. The molecular formula is C20H19BrN2O2S. The largest absolute Gasteiger partial charge is 0.484 e. The van der Waals surface area contributed by atoms with E-state index < -0.39 is 0 Å². The van der Waals surface area contributed by atoms with Crippen LogP contribution < -0.4 is 10.1 Å². The summed E-state index contributed by atoms with van der Waals surface area (Å²) in [7, 11) is 0. The van der Waals surface area contributed by atoms with Gasteiger partial charge in [-0.2, -0.15) is 0 Å². The van der Waals surface area contributed by atoms with Crippen molar-refractivity contribution >= 4 is 38.3 Å². The topological polar surface area (TPSA) is 51.2 Å². The van der Waals surface area contributed by atoms with Crippen molar-refractivity contribution in [2.45, 2.75) is 20.3 Å². The second-order valence-electron chi connectivity index (χ2n) is 5.80. The third-order valence-corrected chi connectivity index (χ3v) is 5.42. The number of aromatic nitrogens is 1. The number of ether oxygens (including phenoxy) is 1. The number of hydrogen-bond acceptors (Lipinski definition) is 4. The van der Waals surface area contributed by atoms with Crippen molar-refractivity contribution in [2.75, 3.05) is 11.9 Å². The number of halogens is 1. The van der Waals surface area contributed by atoms with Gasteiger partial charge < -0.3 is 4.74 Å². The van der Waals surface area contributed by atoms with Crippen molar-refractivity contribution in [3.63, 3.8) is 0 Å². The molecule has 6 heteroatoms. The Kier molecular flexibility index (Phi) is 6.06. The van der Waals surface area contributed by atoms with Gasteiger partial charge in [0.25, 0.3) is 5.91 Å². The van der Waals surface area contributed by atoms with Gasteiger partial charge in [-0.3, -0.25) is 10.1 Å². The van der Waals surface area contributed by atoms with Gasteiger partial charge in [-0.1, -0.05) is 52.7 Å². The summed E-state index contributed by atoms with van der Waals surface area (Å²) in [6.07, 6.45) is 0.860. The predicted octanol–water partition coefficient (Wildman–Crippen LogP) is 5.46. The zero-order valence-electron chi connectivity index (χ0n) is 14.6. The number of carbonyl (C=O) groups excluding carboxylic acids is 1. The maximum absolute atomic E-state index is 12.2. The Bertz CT molecular complexity index is 889. The molecule has 0 saturated heterocycles. The van der Waals surface area contributed by atoms with Crippen LogP contribution in [0.1, 0.15) is 17.4 Å². The summed E-state index contributed by atoms with van der Waals surface area (Å²) in [6.45, 7) is 4.05. The Labute approximate surface area is 165 Å². The van der Waals surface area contributed by atoms with Gasteiger partial charge in [0, 0.05) is 14.9 Å². The highest BCUT2D eigenvalue weighted by atomic mass is 79.9. The van der Waals surface area contributed by atoms with Crippen LogP contribution in [-0.2, 0) is 11.2 Å². The van der Waals surface area contributed by atoms with Crippen molar-refractivity contribution in [3.8, 4) is 17.0 Å². The molecule has 0 unspecified atom stereocenters. The summed E-state index contributed by atoms with van der Waals surface area (Å²) in [4.78, 5) is 17.9. The molecule has 0 aliphatic carbocycles. The molecule has 1 N–H and O–H groups in total. The van der Waals surface area contributed by atoms with E-state index in [-0.39, 0.29) is 12.5 Å². The minimum atomic E-state index is -0.218. The molecule has 3 rings (SSSR count). The molecule has 2 aromatic carbocycles. The molecule has 1 aromatic heterocycles. The quantitative estimate of drug-likeness (QED) is 0.564. The van der Waals surface area contributed by atoms with Gasteiger partial charge in [0.2, 0.25) is 0 Å². The number of hydrogen-bond donors (Lipinski definition) is 1. The fourth-order valence-corrected chi connectivity index (χ4v) is 3.62. The van der Waals surface area contributed by atoms with Crippen molar-refractivity contribution < 1.29 is 9.53 Å². The van der Waals surface area contributed by atoms with Gasteiger partial charge in [0.05, 0.1) is 5.69 Å². The maximum atomic E-state index is 12.2. The highest BCUT2D eigenvalue weighted by molar-refractivity contribution is 9.10. The normalized spacial score (nSPS) is 10.6. The number of aryl methyl sites for hydroxylation is 2. The monoisotopic (exact) mass is 430 g/mol. The molecule has 4 nitrogen and oxygen atoms in total. The third-order valence-electron chi connectivity index (χ3n) is 3.77. The highest BCUT2D eigenvalue weighted by Crippen LogP contribution is 2.32. The Morgan fingerprint density at radius 1 is 1.15 bits per heavy atom. The number of benzene rings is 2. The average molecular weight is 431 g/mol. The third kappa shape index (κ3) is 4.71. The zero-order chi connectivity index (χ0) is 18.5. The van der Waals surface area contributed by atoms with Gasteiger partial charge in [-0.25, -0.2) is 4.98 Å². The number of thiazole rings is 1. The number of nitrogens with zero attached hydrogens (tertiary/aromatic N) is 1. The Balaban J connectivity index is 1.66. The number of carbonyl (C=O) groups is 1. The zero-order valence-corrected chi connectivity index (χ0v) is 17.0. The maximum Gasteiger partial charge on any atom is 0.264 e. The second kappa shape index (κ2) is 8.47. The first-order valence-corrected chi connectivity index (χ1v) is 9.91. The first-order valence-electron chi connectivity index (χ1n) is 8.30. The van der Waals surface area contributed by atoms with E-state index in [1.807, 2.05) is 55.5 Å². The first-order chi connectivity index (χ1) is 12.5. The summed E-state index contributed by atoms with van der Waals surface area (Å²) in [5.74, 6) is 0.457. The molecule has 0 radical (unpaired) electrons. The van der Waals surface area contributed by atoms with Crippen molar-refractivity contribution in [1.29, 1.82) is 0 Å². The second-order valence-corrected chi connectivity index (χ2v) is 7.80. The molecule has 0 aliphatic rings. The van der Waals surface area contributed by atoms with E-state index in [0.717, 1.165) is 32.6 Å². The molecule has 1 heterocycles. The molecule has 26 heavy (non-hydrogen) atoms. The lowest BCUT2D eigenvalue weighted by atomic mass is 10.1. The van der Waals surface area contributed by atoms with E-state index in [1.54, 1.807) is 0 Å². The van der Waals surface area contributed by atoms with E-state index in [9.17, 15) is 4.79 Å². The Morgan fingerprint density at radius 2 is 1.85 bits per heavy atom. The number of anilines is 1. The van der Waals surface area contributed by atoms with Crippen LogP contribution in [0, 0.1) is 6.92 Å². The Morgan fingerprint density at radius 3 is 2.50 bits per heavy atom. The van der Waals surface area contributed by atoms with E-state index in [4.69, 9.17) is 4.74 Å². The number of amides is 1. The molecule has 3 aromatic rings. The van der Waals surface area contributed by atoms with Gasteiger partial charge in [0.1, 0.15) is 5.75 Å². The summed E-state index contributed by atoms with van der Waals surface area (Å²) in [5, 5.41) is 3.43. The molecule has 0 aliphatic heterocycles. The molecule has 0 spiro atoms. The highest BCUT2D eigenvalue weighted by Gasteiger charge is 2.14. The Hall–Kier alpha value is -2.18. The summed E-state index contributed by atoms with van der Waals surface area (Å²) in [6, 6.07) is 15.6. The van der Waals surface area contributed by atoms with Gasteiger partial charge in [-0.15, -0.1) is 11.3 Å². The van der Waals surface area contributed by atoms with Crippen LogP contribution in [0.4, 0.5) is 5.13 Å². The number of nitrogens with one attached hydrogen (secondary N) is 1. The van der Waals surface area contributed by atoms with E-state index in [1.165, 1.54) is 11.3 Å². The molecule has 0 saturated carbocycles. The van der Waals surface area contributed by atoms with Gasteiger partial charge in [-0.05, 0) is 37.6 Å². The van der Waals surface area contributed by atoms with Crippen molar-refractivity contribution in [1.82, 2.24) is 4.98 Å². The van der Waals surface area contributed by atoms with Crippen LogP contribution in [0.25, 0.3) is 11.3 Å². The van der Waals surface area contributed by atoms with Gasteiger partial charge in [0.15, 0.2) is 11.7 Å². The van der Waals surface area contributed by atoms with Crippen LogP contribution in [0.15, 0.2) is 53.0 Å². The van der Waals surface area contributed by atoms with Crippen LogP contribution in [0.3, 0.4) is 0 Å². The molecule has 1 amide bonds. The molecule has 134 valence electrons. The van der Waals surface area contributed by atoms with Crippen molar-refractivity contribution in [2.24, 2.45) is 0 Å². The lowest BCUT2D eigenvalue weighted by Crippen LogP contribution is -2.20. The van der Waals surface area contributed by atoms with Crippen LogP contribution >= 0.6 is 27.3 Å². The van der Waals surface area contributed by atoms with E-state index in [0.29, 0.717) is 10.9 Å². The molecule has 0 fully saturated rings. The van der Waals surface area contributed by atoms with Crippen LogP contribution in [0.2, 0.25) is 0 Å². The van der Waals surface area contributed by atoms with E-state index >= 15 is 0 Å². The molecule has 0 atom stereocenters. The van der Waals surface area contributed by atoms with E-state index in [2.05, 4.69) is 33.2 Å².